The zero-order chi connectivity index (χ0) is 21.1. The molecule has 1 amide bonds. The number of carbonyl (C=O) groups is 1. The van der Waals surface area contributed by atoms with Gasteiger partial charge in [0.25, 0.3) is 0 Å². The summed E-state index contributed by atoms with van der Waals surface area (Å²) in [5.74, 6) is -0.152. The van der Waals surface area contributed by atoms with Gasteiger partial charge in [0.05, 0.1) is 17.7 Å². The van der Waals surface area contributed by atoms with Crippen molar-refractivity contribution in [2.45, 2.75) is 56.8 Å². The number of piperazine rings is 1. The van der Waals surface area contributed by atoms with Crippen LogP contribution in [0.3, 0.4) is 0 Å². The molecule has 1 aromatic rings. The van der Waals surface area contributed by atoms with E-state index in [1.165, 1.54) is 12.1 Å². The van der Waals surface area contributed by atoms with Gasteiger partial charge in [-0.1, -0.05) is 25.3 Å². The first-order valence-electron chi connectivity index (χ1n) is 10.1. The van der Waals surface area contributed by atoms with E-state index in [1.54, 1.807) is 6.07 Å². The molecule has 29 heavy (non-hydrogen) atoms. The molecule has 1 atom stereocenters. The number of amides is 1. The molecule has 0 radical (unpaired) electrons. The van der Waals surface area contributed by atoms with Gasteiger partial charge >= 0.3 is 6.18 Å². The van der Waals surface area contributed by atoms with Crippen molar-refractivity contribution in [3.8, 4) is 6.07 Å². The average Bonchev–Trinajstić information content (AvgIpc) is 2.73. The van der Waals surface area contributed by atoms with Gasteiger partial charge in [-0.15, -0.1) is 0 Å². The molecule has 1 N–H and O–H groups in total. The van der Waals surface area contributed by atoms with Gasteiger partial charge in [0.1, 0.15) is 5.54 Å². The van der Waals surface area contributed by atoms with E-state index in [4.69, 9.17) is 0 Å². The number of benzene rings is 1. The Bertz CT molecular complexity index is 760. The summed E-state index contributed by atoms with van der Waals surface area (Å²) in [6, 6.07) is 7.27. The molecule has 8 heteroatoms. The first-order chi connectivity index (χ1) is 13.7. The number of nitrogens with zero attached hydrogens (tertiary/aromatic N) is 3. The van der Waals surface area contributed by atoms with Crippen LogP contribution in [0.4, 0.5) is 18.9 Å². The van der Waals surface area contributed by atoms with Gasteiger partial charge in [0.2, 0.25) is 5.91 Å². The van der Waals surface area contributed by atoms with Gasteiger partial charge in [0.15, 0.2) is 0 Å². The van der Waals surface area contributed by atoms with Gasteiger partial charge in [-0.25, -0.2) is 0 Å². The molecule has 0 spiro atoms. The Balaban J connectivity index is 1.57. The molecule has 0 bridgehead atoms. The van der Waals surface area contributed by atoms with E-state index in [-0.39, 0.29) is 11.9 Å². The molecule has 1 aliphatic carbocycles. The molecule has 5 nitrogen and oxygen atoms in total. The minimum atomic E-state index is -4.36. The lowest BCUT2D eigenvalue weighted by Crippen LogP contribution is -2.58. The summed E-state index contributed by atoms with van der Waals surface area (Å²) in [6.07, 6.45) is -0.0149. The molecule has 1 saturated carbocycles. The fourth-order valence-corrected chi connectivity index (χ4v) is 4.17. The summed E-state index contributed by atoms with van der Waals surface area (Å²) in [7, 11) is 0. The maximum Gasteiger partial charge on any atom is 0.416 e. The predicted octanol–water partition coefficient (Wildman–Crippen LogP) is 3.56. The Hall–Kier alpha value is -2.27. The van der Waals surface area contributed by atoms with E-state index in [1.807, 2.05) is 16.7 Å². The summed E-state index contributed by atoms with van der Waals surface area (Å²) >= 11 is 0. The van der Waals surface area contributed by atoms with Crippen molar-refractivity contribution in [3.63, 3.8) is 0 Å². The van der Waals surface area contributed by atoms with Crippen molar-refractivity contribution >= 4 is 11.6 Å². The SMILES string of the molecule is CC(C(=O)NC1(C#N)CCCCC1)N1CCN(c2cccc(C(F)(F)F)c2)CC1. The van der Waals surface area contributed by atoms with Gasteiger partial charge in [-0.05, 0) is 38.0 Å². The van der Waals surface area contributed by atoms with E-state index >= 15 is 0 Å². The maximum absolute atomic E-state index is 13.0. The molecular formula is C21H27F3N4O. The molecule has 0 aromatic heterocycles. The highest BCUT2D eigenvalue weighted by atomic mass is 19.4. The fourth-order valence-electron chi connectivity index (χ4n) is 4.17. The lowest BCUT2D eigenvalue weighted by molar-refractivity contribution is -0.137. The van der Waals surface area contributed by atoms with Crippen molar-refractivity contribution in [2.75, 3.05) is 31.1 Å². The first-order valence-corrected chi connectivity index (χ1v) is 10.1. The molecular weight excluding hydrogens is 381 g/mol. The molecule has 1 unspecified atom stereocenters. The summed E-state index contributed by atoms with van der Waals surface area (Å²) in [5.41, 5.74) is -0.870. The Morgan fingerprint density at radius 3 is 2.41 bits per heavy atom. The molecule has 1 heterocycles. The van der Waals surface area contributed by atoms with Crippen LogP contribution >= 0.6 is 0 Å². The molecule has 158 valence electrons. The van der Waals surface area contributed by atoms with E-state index in [2.05, 4.69) is 11.4 Å². The third-order valence-corrected chi connectivity index (χ3v) is 6.06. The Kier molecular flexibility index (Phi) is 6.37. The second kappa shape index (κ2) is 8.62. The molecule has 1 saturated heterocycles. The lowest BCUT2D eigenvalue weighted by atomic mass is 9.82. The third-order valence-electron chi connectivity index (χ3n) is 6.06. The van der Waals surface area contributed by atoms with Gasteiger partial charge in [0, 0.05) is 31.9 Å². The second-order valence-corrected chi connectivity index (χ2v) is 7.99. The molecule has 2 aliphatic rings. The Morgan fingerprint density at radius 1 is 1.17 bits per heavy atom. The summed E-state index contributed by atoms with van der Waals surface area (Å²) in [5, 5.41) is 12.5. The number of alkyl halides is 3. The van der Waals surface area contributed by atoms with Crippen molar-refractivity contribution in [1.29, 1.82) is 5.26 Å². The van der Waals surface area contributed by atoms with E-state index in [0.717, 1.165) is 25.3 Å². The fraction of sp³-hybridized carbons (Fsp3) is 0.619. The van der Waals surface area contributed by atoms with E-state index in [9.17, 15) is 23.2 Å². The van der Waals surface area contributed by atoms with Gasteiger partial charge < -0.3 is 10.2 Å². The zero-order valence-electron chi connectivity index (χ0n) is 16.6. The number of rotatable bonds is 4. The highest BCUT2D eigenvalue weighted by molar-refractivity contribution is 5.82. The van der Waals surface area contributed by atoms with Crippen molar-refractivity contribution < 1.29 is 18.0 Å². The van der Waals surface area contributed by atoms with Crippen LogP contribution in [0.15, 0.2) is 24.3 Å². The van der Waals surface area contributed by atoms with Crippen molar-refractivity contribution in [1.82, 2.24) is 10.2 Å². The number of halogens is 3. The Morgan fingerprint density at radius 2 is 1.83 bits per heavy atom. The minimum Gasteiger partial charge on any atom is -0.369 e. The summed E-state index contributed by atoms with van der Waals surface area (Å²) in [4.78, 5) is 16.7. The number of hydrogen-bond acceptors (Lipinski definition) is 4. The topological polar surface area (TPSA) is 59.4 Å². The van der Waals surface area contributed by atoms with Crippen LogP contribution in [0.5, 0.6) is 0 Å². The minimum absolute atomic E-state index is 0.152. The predicted molar refractivity (Wildman–Crippen MR) is 104 cm³/mol. The molecule has 1 aliphatic heterocycles. The first kappa shape index (κ1) is 21.4. The number of nitrogens with one attached hydrogen (secondary N) is 1. The quantitative estimate of drug-likeness (QED) is 0.828. The van der Waals surface area contributed by atoms with Gasteiger partial charge in [-0.2, -0.15) is 18.4 Å². The highest BCUT2D eigenvalue weighted by Crippen LogP contribution is 2.32. The number of anilines is 1. The van der Waals surface area contributed by atoms with Crippen LogP contribution in [0.25, 0.3) is 0 Å². The van der Waals surface area contributed by atoms with Crippen molar-refractivity contribution in [3.05, 3.63) is 29.8 Å². The number of hydrogen-bond donors (Lipinski definition) is 1. The third kappa shape index (κ3) is 5.02. The van der Waals surface area contributed by atoms with Crippen LogP contribution in [-0.4, -0.2) is 48.6 Å². The second-order valence-electron chi connectivity index (χ2n) is 7.99. The summed E-state index contributed by atoms with van der Waals surface area (Å²) < 4.78 is 38.9. The van der Waals surface area contributed by atoms with Crippen LogP contribution in [0.1, 0.15) is 44.6 Å². The van der Waals surface area contributed by atoms with Crippen LogP contribution in [-0.2, 0) is 11.0 Å². The normalized spacial score (nSPS) is 21.3. The molecule has 2 fully saturated rings. The number of nitriles is 1. The molecule has 1 aromatic carbocycles. The number of carbonyl (C=O) groups excluding carboxylic acids is 1. The smallest absolute Gasteiger partial charge is 0.369 e. The van der Waals surface area contributed by atoms with Crippen LogP contribution in [0, 0.1) is 11.3 Å². The van der Waals surface area contributed by atoms with E-state index < -0.39 is 17.3 Å². The average molecular weight is 408 g/mol. The summed E-state index contributed by atoms with van der Waals surface area (Å²) in [6.45, 7) is 4.06. The Labute approximate surface area is 169 Å². The largest absolute Gasteiger partial charge is 0.416 e. The van der Waals surface area contributed by atoms with E-state index in [0.29, 0.717) is 44.7 Å². The van der Waals surface area contributed by atoms with Crippen molar-refractivity contribution in [2.24, 2.45) is 0 Å². The highest BCUT2D eigenvalue weighted by Gasteiger charge is 2.36. The molecule has 3 rings (SSSR count). The maximum atomic E-state index is 13.0. The lowest BCUT2D eigenvalue weighted by Gasteiger charge is -2.40. The monoisotopic (exact) mass is 408 g/mol. The zero-order valence-corrected chi connectivity index (χ0v) is 16.6. The standard InChI is InChI=1S/C21H27F3N4O/c1-16(19(29)26-20(15-25)8-3-2-4-9-20)27-10-12-28(13-11-27)18-7-5-6-17(14-18)21(22,23)24/h5-7,14,16H,2-4,8-13H2,1H3,(H,26,29). The van der Waals surface area contributed by atoms with Gasteiger partial charge in [-0.3, -0.25) is 9.69 Å². The van der Waals surface area contributed by atoms with Crippen LogP contribution in [0.2, 0.25) is 0 Å². The van der Waals surface area contributed by atoms with Crippen LogP contribution < -0.4 is 10.2 Å².